The molecule has 2 saturated heterocycles. The van der Waals surface area contributed by atoms with Crippen molar-refractivity contribution in [2.75, 3.05) is 65.4 Å². The van der Waals surface area contributed by atoms with Gasteiger partial charge in [0.05, 0.1) is 0 Å². The highest BCUT2D eigenvalue weighted by Gasteiger charge is 2.24. The summed E-state index contributed by atoms with van der Waals surface area (Å²) in [5.74, 6) is 0.0753. The van der Waals surface area contributed by atoms with Crippen LogP contribution in [0, 0.1) is 0 Å². The van der Waals surface area contributed by atoms with Crippen molar-refractivity contribution in [3.8, 4) is 0 Å². The zero-order chi connectivity index (χ0) is 27.6. The van der Waals surface area contributed by atoms with Crippen molar-refractivity contribution in [1.82, 2.24) is 19.6 Å². The predicted molar refractivity (Wildman–Crippen MR) is 162 cm³/mol. The minimum atomic E-state index is 0.0376. The quantitative estimate of drug-likeness (QED) is 0.423. The van der Waals surface area contributed by atoms with Crippen LogP contribution >= 0.6 is 0 Å². The number of piperazine rings is 2. The fourth-order valence-corrected chi connectivity index (χ4v) is 5.19. The second-order valence-electron chi connectivity index (χ2n) is 10.4. The van der Waals surface area contributed by atoms with Gasteiger partial charge in [0.1, 0.15) is 0 Å². The Balaban J connectivity index is 1.05. The van der Waals surface area contributed by atoms with E-state index >= 15 is 0 Å². The van der Waals surface area contributed by atoms with E-state index in [0.717, 1.165) is 39.3 Å². The van der Waals surface area contributed by atoms with E-state index in [0.29, 0.717) is 37.3 Å². The molecule has 0 unspecified atom stereocenters. The van der Waals surface area contributed by atoms with Crippen LogP contribution < -0.4 is 0 Å². The van der Waals surface area contributed by atoms with Gasteiger partial charge in [-0.05, 0) is 35.4 Å². The molecular formula is C34H38N4O2. The second-order valence-corrected chi connectivity index (χ2v) is 10.4. The summed E-state index contributed by atoms with van der Waals surface area (Å²) < 4.78 is 0. The number of amides is 2. The van der Waals surface area contributed by atoms with Crippen molar-refractivity contribution in [2.24, 2.45) is 0 Å². The molecule has 0 spiro atoms. The lowest BCUT2D eigenvalue weighted by Gasteiger charge is -2.34. The van der Waals surface area contributed by atoms with Gasteiger partial charge in [0.2, 0.25) is 0 Å². The van der Waals surface area contributed by atoms with Crippen LogP contribution in [-0.2, 0) is 0 Å². The average molecular weight is 535 g/mol. The van der Waals surface area contributed by atoms with Crippen molar-refractivity contribution in [3.63, 3.8) is 0 Å². The first-order valence-electron chi connectivity index (χ1n) is 14.2. The van der Waals surface area contributed by atoms with Crippen LogP contribution in [0.15, 0.2) is 97.1 Å². The summed E-state index contributed by atoms with van der Waals surface area (Å²) in [6.07, 6.45) is 8.66. The van der Waals surface area contributed by atoms with Gasteiger partial charge >= 0.3 is 0 Å². The largest absolute Gasteiger partial charge is 0.336 e. The third kappa shape index (κ3) is 7.56. The summed E-state index contributed by atoms with van der Waals surface area (Å²) >= 11 is 0. The standard InChI is InChI=1S/C34H38N4O2/c39-33(37-25-21-35(22-26-37)19-7-13-29-9-3-1-4-10-29)31-15-17-32(18-16-31)34(40)38-27-23-36(24-28-38)20-8-14-30-11-5-2-6-12-30/h1-18H,19-28H2/b13-7+,14-8+. The Bertz CT molecular complexity index is 1190. The van der Waals surface area contributed by atoms with Crippen LogP contribution in [0.25, 0.3) is 12.2 Å². The topological polar surface area (TPSA) is 47.1 Å². The Hall–Kier alpha value is -4.00. The first-order valence-corrected chi connectivity index (χ1v) is 14.2. The van der Waals surface area contributed by atoms with E-state index in [9.17, 15) is 9.59 Å². The van der Waals surface area contributed by atoms with Crippen LogP contribution in [0.3, 0.4) is 0 Å². The Morgan fingerprint density at radius 2 is 0.850 bits per heavy atom. The molecule has 5 rings (SSSR count). The summed E-state index contributed by atoms with van der Waals surface area (Å²) in [5.41, 5.74) is 3.69. The molecule has 2 amide bonds. The first kappa shape index (κ1) is 27.6. The molecule has 0 atom stereocenters. The second kappa shape index (κ2) is 13.9. The molecule has 6 heteroatoms. The van der Waals surface area contributed by atoms with E-state index in [1.807, 2.05) is 46.2 Å². The number of hydrogen-bond donors (Lipinski definition) is 0. The molecule has 0 aliphatic carbocycles. The normalized spacial score (nSPS) is 17.1. The maximum atomic E-state index is 13.1. The highest BCUT2D eigenvalue weighted by atomic mass is 16.2. The average Bonchev–Trinajstić information content (AvgIpc) is 3.02. The number of rotatable bonds is 8. The summed E-state index contributed by atoms with van der Waals surface area (Å²) in [7, 11) is 0. The van der Waals surface area contributed by atoms with Gasteiger partial charge in [-0.25, -0.2) is 0 Å². The summed E-state index contributed by atoms with van der Waals surface area (Å²) in [6, 6.07) is 27.8. The number of carbonyl (C=O) groups excluding carboxylic acids is 2. The van der Waals surface area contributed by atoms with Gasteiger partial charge in [-0.3, -0.25) is 19.4 Å². The zero-order valence-electron chi connectivity index (χ0n) is 23.1. The van der Waals surface area contributed by atoms with Gasteiger partial charge < -0.3 is 9.80 Å². The fraction of sp³-hybridized carbons (Fsp3) is 0.294. The van der Waals surface area contributed by atoms with Crippen LogP contribution in [-0.4, -0.2) is 96.9 Å². The van der Waals surface area contributed by atoms with E-state index in [2.05, 4.69) is 58.4 Å². The molecule has 6 nitrogen and oxygen atoms in total. The molecule has 206 valence electrons. The van der Waals surface area contributed by atoms with Gasteiger partial charge in [-0.15, -0.1) is 0 Å². The third-order valence-corrected chi connectivity index (χ3v) is 7.64. The lowest BCUT2D eigenvalue weighted by Crippen LogP contribution is -2.49. The minimum absolute atomic E-state index is 0.0376. The Morgan fingerprint density at radius 1 is 0.500 bits per heavy atom. The molecule has 0 aromatic heterocycles. The molecule has 2 heterocycles. The minimum Gasteiger partial charge on any atom is -0.336 e. The van der Waals surface area contributed by atoms with E-state index < -0.39 is 0 Å². The molecule has 0 N–H and O–H groups in total. The van der Waals surface area contributed by atoms with Gasteiger partial charge in [0.25, 0.3) is 11.8 Å². The Kier molecular flexibility index (Phi) is 9.56. The molecule has 3 aromatic rings. The molecule has 3 aromatic carbocycles. The van der Waals surface area contributed by atoms with E-state index in [1.165, 1.54) is 11.1 Å². The molecular weight excluding hydrogens is 496 g/mol. The number of nitrogens with zero attached hydrogens (tertiary/aromatic N) is 4. The van der Waals surface area contributed by atoms with Gasteiger partial charge in [0, 0.05) is 76.6 Å². The summed E-state index contributed by atoms with van der Waals surface area (Å²) in [4.78, 5) is 34.7. The van der Waals surface area contributed by atoms with Crippen LogP contribution in [0.1, 0.15) is 31.8 Å². The summed E-state index contributed by atoms with van der Waals surface area (Å²) in [5, 5.41) is 0. The molecule has 0 bridgehead atoms. The maximum absolute atomic E-state index is 13.1. The third-order valence-electron chi connectivity index (χ3n) is 7.64. The van der Waals surface area contributed by atoms with Gasteiger partial charge in [-0.2, -0.15) is 0 Å². The lowest BCUT2D eigenvalue weighted by atomic mass is 10.1. The molecule has 0 radical (unpaired) electrons. The van der Waals surface area contributed by atoms with Gasteiger partial charge in [0.15, 0.2) is 0 Å². The first-order chi connectivity index (χ1) is 19.7. The smallest absolute Gasteiger partial charge is 0.253 e. The molecule has 0 saturated carbocycles. The van der Waals surface area contributed by atoms with Crippen molar-refractivity contribution in [3.05, 3.63) is 119 Å². The van der Waals surface area contributed by atoms with Crippen molar-refractivity contribution in [1.29, 1.82) is 0 Å². The van der Waals surface area contributed by atoms with Crippen LogP contribution in [0.2, 0.25) is 0 Å². The molecule has 2 aliphatic rings. The number of carbonyl (C=O) groups is 2. The molecule has 2 fully saturated rings. The number of benzene rings is 3. The van der Waals surface area contributed by atoms with E-state index in [4.69, 9.17) is 0 Å². The van der Waals surface area contributed by atoms with Crippen LogP contribution in [0.4, 0.5) is 0 Å². The molecule has 2 aliphatic heterocycles. The predicted octanol–water partition coefficient (Wildman–Crippen LogP) is 4.63. The van der Waals surface area contributed by atoms with E-state index in [-0.39, 0.29) is 11.8 Å². The van der Waals surface area contributed by atoms with Gasteiger partial charge in [-0.1, -0.05) is 85.0 Å². The molecule has 40 heavy (non-hydrogen) atoms. The summed E-state index contributed by atoms with van der Waals surface area (Å²) in [6.45, 7) is 8.04. The van der Waals surface area contributed by atoms with Crippen molar-refractivity contribution in [2.45, 2.75) is 0 Å². The SMILES string of the molecule is O=C(c1ccc(C(=O)N2CCN(C/C=C/c3ccccc3)CC2)cc1)N1CCN(C/C=C/c2ccccc2)CC1. The lowest BCUT2D eigenvalue weighted by molar-refractivity contribution is 0.0639. The van der Waals surface area contributed by atoms with Crippen molar-refractivity contribution < 1.29 is 9.59 Å². The zero-order valence-corrected chi connectivity index (χ0v) is 23.1. The highest BCUT2D eigenvalue weighted by molar-refractivity contribution is 5.98. The fourth-order valence-electron chi connectivity index (χ4n) is 5.19. The van der Waals surface area contributed by atoms with Crippen LogP contribution in [0.5, 0.6) is 0 Å². The highest BCUT2D eigenvalue weighted by Crippen LogP contribution is 2.14. The maximum Gasteiger partial charge on any atom is 0.253 e. The van der Waals surface area contributed by atoms with Crippen molar-refractivity contribution >= 4 is 24.0 Å². The Morgan fingerprint density at radius 3 is 1.20 bits per heavy atom. The Labute approximate surface area is 237 Å². The number of hydrogen-bond acceptors (Lipinski definition) is 4. The monoisotopic (exact) mass is 534 g/mol. The van der Waals surface area contributed by atoms with E-state index in [1.54, 1.807) is 24.3 Å².